The first-order valence-electron chi connectivity index (χ1n) is 9.48. The number of anilines is 1. The van der Waals surface area contributed by atoms with Gasteiger partial charge in [0.2, 0.25) is 0 Å². The SMILES string of the molecule is O=C(NCCc1nnc2ccccn12)c1ccc(Cl)c(NS(=O)(=O)c2ccc(F)cc2)c1. The minimum atomic E-state index is -4.01. The van der Waals surface area contributed by atoms with E-state index < -0.39 is 21.7 Å². The number of nitrogens with zero attached hydrogens (tertiary/aromatic N) is 3. The molecule has 1 amide bonds. The van der Waals surface area contributed by atoms with Gasteiger partial charge in [-0.3, -0.25) is 13.9 Å². The van der Waals surface area contributed by atoms with Gasteiger partial charge in [-0.2, -0.15) is 0 Å². The number of sulfonamides is 1. The van der Waals surface area contributed by atoms with Crippen LogP contribution in [0.15, 0.2) is 71.8 Å². The number of fused-ring (bicyclic) bond motifs is 1. The molecule has 2 aromatic heterocycles. The monoisotopic (exact) mass is 473 g/mol. The number of benzene rings is 2. The van der Waals surface area contributed by atoms with E-state index in [4.69, 9.17) is 11.6 Å². The van der Waals surface area contributed by atoms with Crippen molar-refractivity contribution >= 4 is 38.9 Å². The fourth-order valence-electron chi connectivity index (χ4n) is 3.01. The minimum Gasteiger partial charge on any atom is -0.352 e. The molecule has 2 N–H and O–H groups in total. The molecule has 8 nitrogen and oxygen atoms in total. The molecular weight excluding hydrogens is 457 g/mol. The van der Waals surface area contributed by atoms with Crippen molar-refractivity contribution in [3.63, 3.8) is 0 Å². The van der Waals surface area contributed by atoms with E-state index in [1.165, 1.54) is 18.2 Å². The molecular formula is C21H17ClFN5O3S. The summed E-state index contributed by atoms with van der Waals surface area (Å²) in [6.45, 7) is 0.299. The quantitative estimate of drug-likeness (QED) is 0.428. The van der Waals surface area contributed by atoms with E-state index in [2.05, 4.69) is 20.2 Å². The van der Waals surface area contributed by atoms with Crippen LogP contribution in [0.3, 0.4) is 0 Å². The zero-order valence-electron chi connectivity index (χ0n) is 16.5. The maximum Gasteiger partial charge on any atom is 0.261 e. The molecule has 0 unspecified atom stereocenters. The number of carbonyl (C=O) groups excluding carboxylic acids is 1. The number of hydrogen-bond acceptors (Lipinski definition) is 5. The van der Waals surface area contributed by atoms with E-state index in [1.54, 1.807) is 0 Å². The Balaban J connectivity index is 1.44. The predicted molar refractivity (Wildman–Crippen MR) is 118 cm³/mol. The van der Waals surface area contributed by atoms with Crippen LogP contribution in [0.4, 0.5) is 10.1 Å². The predicted octanol–water partition coefficient (Wildman–Crippen LogP) is 3.30. The van der Waals surface area contributed by atoms with Crippen LogP contribution >= 0.6 is 11.6 Å². The number of hydrogen-bond donors (Lipinski definition) is 2. The number of rotatable bonds is 7. The lowest BCUT2D eigenvalue weighted by Gasteiger charge is -2.12. The highest BCUT2D eigenvalue weighted by Gasteiger charge is 2.17. The van der Waals surface area contributed by atoms with Crippen molar-refractivity contribution in [1.82, 2.24) is 19.9 Å². The van der Waals surface area contributed by atoms with Crippen LogP contribution in [0.5, 0.6) is 0 Å². The molecule has 0 radical (unpaired) electrons. The van der Waals surface area contributed by atoms with Crippen LogP contribution in [-0.4, -0.2) is 35.5 Å². The van der Waals surface area contributed by atoms with Crippen molar-refractivity contribution in [3.8, 4) is 0 Å². The van der Waals surface area contributed by atoms with Crippen LogP contribution in [-0.2, 0) is 16.4 Å². The molecule has 11 heteroatoms. The van der Waals surface area contributed by atoms with Gasteiger partial charge in [0.25, 0.3) is 15.9 Å². The Morgan fingerprint density at radius 2 is 1.84 bits per heavy atom. The molecule has 32 heavy (non-hydrogen) atoms. The van der Waals surface area contributed by atoms with E-state index in [9.17, 15) is 17.6 Å². The number of halogens is 2. The summed E-state index contributed by atoms with van der Waals surface area (Å²) < 4.78 is 42.3. The van der Waals surface area contributed by atoms with Crippen molar-refractivity contribution in [2.75, 3.05) is 11.3 Å². The third-order valence-corrected chi connectivity index (χ3v) is 6.33. The van der Waals surface area contributed by atoms with E-state index in [0.29, 0.717) is 24.4 Å². The molecule has 0 atom stereocenters. The largest absolute Gasteiger partial charge is 0.352 e. The highest BCUT2D eigenvalue weighted by Crippen LogP contribution is 2.26. The summed E-state index contributed by atoms with van der Waals surface area (Å²) in [6.07, 6.45) is 2.29. The first-order chi connectivity index (χ1) is 15.3. The van der Waals surface area contributed by atoms with Gasteiger partial charge in [0.1, 0.15) is 11.6 Å². The van der Waals surface area contributed by atoms with E-state index in [-0.39, 0.29) is 21.2 Å². The highest BCUT2D eigenvalue weighted by atomic mass is 35.5. The summed E-state index contributed by atoms with van der Waals surface area (Å²) >= 11 is 6.11. The van der Waals surface area contributed by atoms with Crippen molar-refractivity contribution in [3.05, 3.63) is 89.1 Å². The molecule has 0 aliphatic rings. The van der Waals surface area contributed by atoms with Crippen LogP contribution in [0.1, 0.15) is 16.2 Å². The van der Waals surface area contributed by atoms with Gasteiger partial charge in [-0.05, 0) is 54.6 Å². The van der Waals surface area contributed by atoms with Crippen molar-refractivity contribution in [1.29, 1.82) is 0 Å². The fourth-order valence-corrected chi connectivity index (χ4v) is 4.30. The number of pyridine rings is 1. The second-order valence-electron chi connectivity index (χ2n) is 6.81. The lowest BCUT2D eigenvalue weighted by Crippen LogP contribution is -2.26. The number of aromatic nitrogens is 3. The minimum absolute atomic E-state index is 0.0343. The summed E-state index contributed by atoms with van der Waals surface area (Å²) in [4.78, 5) is 12.4. The molecule has 0 bridgehead atoms. The Morgan fingerprint density at radius 1 is 1.06 bits per heavy atom. The van der Waals surface area contributed by atoms with Gasteiger partial charge >= 0.3 is 0 Å². The first kappa shape index (κ1) is 21.7. The van der Waals surface area contributed by atoms with Gasteiger partial charge in [0.15, 0.2) is 5.65 Å². The fraction of sp³-hybridized carbons (Fsp3) is 0.0952. The molecule has 164 valence electrons. The second-order valence-corrected chi connectivity index (χ2v) is 8.89. The van der Waals surface area contributed by atoms with Gasteiger partial charge in [0, 0.05) is 24.7 Å². The summed E-state index contributed by atoms with van der Waals surface area (Å²) in [6, 6.07) is 14.1. The van der Waals surface area contributed by atoms with Crippen molar-refractivity contribution in [2.45, 2.75) is 11.3 Å². The van der Waals surface area contributed by atoms with Gasteiger partial charge in [-0.1, -0.05) is 17.7 Å². The second kappa shape index (κ2) is 8.93. The Morgan fingerprint density at radius 3 is 2.62 bits per heavy atom. The average Bonchev–Trinajstić information content (AvgIpc) is 3.18. The maximum atomic E-state index is 13.1. The molecule has 0 aliphatic heterocycles. The Labute approximate surface area is 188 Å². The number of carbonyl (C=O) groups is 1. The molecule has 0 spiro atoms. The lowest BCUT2D eigenvalue weighted by molar-refractivity contribution is 0.0954. The number of amides is 1. The normalized spacial score (nSPS) is 11.4. The van der Waals surface area contributed by atoms with Gasteiger partial charge < -0.3 is 5.32 Å². The van der Waals surface area contributed by atoms with Crippen LogP contribution in [0, 0.1) is 5.82 Å². The van der Waals surface area contributed by atoms with Crippen molar-refractivity contribution < 1.29 is 17.6 Å². The molecule has 0 saturated carbocycles. The third kappa shape index (κ3) is 4.71. The average molecular weight is 474 g/mol. The number of nitrogens with one attached hydrogen (secondary N) is 2. The first-order valence-corrected chi connectivity index (χ1v) is 11.3. The van der Waals surface area contributed by atoms with Gasteiger partial charge in [0.05, 0.1) is 15.6 Å². The smallest absolute Gasteiger partial charge is 0.261 e. The summed E-state index contributed by atoms with van der Waals surface area (Å²) in [5, 5.41) is 11.0. The molecule has 2 heterocycles. The van der Waals surface area contributed by atoms with E-state index in [1.807, 2.05) is 28.8 Å². The van der Waals surface area contributed by atoms with Gasteiger partial charge in [-0.15, -0.1) is 10.2 Å². The zero-order valence-corrected chi connectivity index (χ0v) is 18.1. The van der Waals surface area contributed by atoms with Crippen molar-refractivity contribution in [2.24, 2.45) is 0 Å². The Hall–Kier alpha value is -3.50. The molecule has 0 fully saturated rings. The van der Waals surface area contributed by atoms with Crippen LogP contribution in [0.25, 0.3) is 5.65 Å². The van der Waals surface area contributed by atoms with E-state index in [0.717, 1.165) is 24.3 Å². The van der Waals surface area contributed by atoms with Crippen LogP contribution in [0.2, 0.25) is 5.02 Å². The standard InChI is InChI=1S/C21H17ClFN5O3S/c22-17-9-4-14(13-18(17)27-32(30,31)16-7-5-15(23)6-8-16)21(29)24-11-10-20-26-25-19-3-1-2-12-28(19)20/h1-9,12-13,27H,10-11H2,(H,24,29). The summed E-state index contributed by atoms with van der Waals surface area (Å²) in [5.41, 5.74) is 0.967. The molecule has 0 saturated heterocycles. The Kier molecular flexibility index (Phi) is 6.06. The van der Waals surface area contributed by atoms with Gasteiger partial charge in [-0.25, -0.2) is 12.8 Å². The molecule has 4 rings (SSSR count). The summed E-state index contributed by atoms with van der Waals surface area (Å²) in [7, 11) is -4.01. The van der Waals surface area contributed by atoms with E-state index >= 15 is 0 Å². The lowest BCUT2D eigenvalue weighted by atomic mass is 10.2. The highest BCUT2D eigenvalue weighted by molar-refractivity contribution is 7.92. The third-order valence-electron chi connectivity index (χ3n) is 4.62. The molecule has 0 aliphatic carbocycles. The summed E-state index contributed by atoms with van der Waals surface area (Å²) in [5.74, 6) is -0.262. The maximum absolute atomic E-state index is 13.1. The zero-order chi connectivity index (χ0) is 22.7. The molecule has 4 aromatic rings. The topological polar surface area (TPSA) is 105 Å². The molecule has 2 aromatic carbocycles. The Bertz CT molecular complexity index is 1390. The van der Waals surface area contributed by atoms with Crippen LogP contribution < -0.4 is 10.0 Å².